The van der Waals surface area contributed by atoms with Crippen LogP contribution in [-0.4, -0.2) is 26.3 Å². The van der Waals surface area contributed by atoms with Crippen molar-refractivity contribution in [3.05, 3.63) is 46.2 Å². The highest BCUT2D eigenvalue weighted by Crippen LogP contribution is 2.27. The highest BCUT2D eigenvalue weighted by atomic mass is 32.1. The number of ether oxygens (including phenoxy) is 2. The first kappa shape index (κ1) is 15.1. The van der Waals surface area contributed by atoms with Crippen molar-refractivity contribution in [2.45, 2.75) is 6.42 Å². The molecule has 0 radical (unpaired) electrons. The molecular weight excluding hydrogens is 288 g/mol. The molecule has 1 aromatic heterocycles. The monoisotopic (exact) mass is 304 g/mol. The minimum atomic E-state index is -0.185. The molecule has 5 nitrogen and oxygen atoms in total. The van der Waals surface area contributed by atoms with Crippen molar-refractivity contribution in [2.24, 2.45) is 5.10 Å². The summed E-state index contributed by atoms with van der Waals surface area (Å²) in [6, 6.07) is 9.23. The van der Waals surface area contributed by atoms with Gasteiger partial charge in [0, 0.05) is 4.88 Å². The summed E-state index contributed by atoms with van der Waals surface area (Å²) < 4.78 is 10.4. The molecule has 21 heavy (non-hydrogen) atoms. The summed E-state index contributed by atoms with van der Waals surface area (Å²) in [6.45, 7) is 0. The van der Waals surface area contributed by atoms with E-state index < -0.39 is 0 Å². The van der Waals surface area contributed by atoms with Crippen LogP contribution in [0.2, 0.25) is 0 Å². The van der Waals surface area contributed by atoms with Gasteiger partial charge in [-0.2, -0.15) is 5.10 Å². The summed E-state index contributed by atoms with van der Waals surface area (Å²) in [6.07, 6.45) is 1.85. The summed E-state index contributed by atoms with van der Waals surface area (Å²) >= 11 is 1.56. The van der Waals surface area contributed by atoms with Crippen molar-refractivity contribution in [2.75, 3.05) is 14.2 Å². The summed E-state index contributed by atoms with van der Waals surface area (Å²) in [5, 5.41) is 5.87. The van der Waals surface area contributed by atoms with Gasteiger partial charge in [-0.3, -0.25) is 4.79 Å². The lowest BCUT2D eigenvalue weighted by Crippen LogP contribution is -2.19. The second kappa shape index (κ2) is 7.44. The minimum Gasteiger partial charge on any atom is -0.493 e. The Balaban J connectivity index is 1.93. The fourth-order valence-electron chi connectivity index (χ4n) is 1.75. The van der Waals surface area contributed by atoms with Crippen LogP contribution in [0.25, 0.3) is 0 Å². The van der Waals surface area contributed by atoms with E-state index in [2.05, 4.69) is 10.5 Å². The van der Waals surface area contributed by atoms with Crippen LogP contribution in [0.4, 0.5) is 0 Å². The van der Waals surface area contributed by atoms with Crippen molar-refractivity contribution >= 4 is 23.5 Å². The topological polar surface area (TPSA) is 59.9 Å². The van der Waals surface area contributed by atoms with Crippen molar-refractivity contribution in [3.63, 3.8) is 0 Å². The lowest BCUT2D eigenvalue weighted by Gasteiger charge is -2.09. The third-order valence-corrected chi connectivity index (χ3v) is 3.54. The lowest BCUT2D eigenvalue weighted by atomic mass is 10.1. The SMILES string of the molecule is COc1ccc(CC(=O)NN=Cc2cccs2)cc1OC. The molecule has 0 saturated heterocycles. The molecule has 0 aliphatic carbocycles. The van der Waals surface area contributed by atoms with Crippen molar-refractivity contribution in [3.8, 4) is 11.5 Å². The van der Waals surface area contributed by atoms with Crippen molar-refractivity contribution in [1.82, 2.24) is 5.43 Å². The average Bonchev–Trinajstić information content (AvgIpc) is 3.00. The van der Waals surface area contributed by atoms with Gasteiger partial charge in [-0.15, -0.1) is 11.3 Å². The predicted octanol–water partition coefficient (Wildman–Crippen LogP) is 2.46. The Labute approximate surface area is 127 Å². The van der Waals surface area contributed by atoms with Crippen LogP contribution in [0.3, 0.4) is 0 Å². The molecule has 0 bridgehead atoms. The Hall–Kier alpha value is -2.34. The van der Waals surface area contributed by atoms with Crippen LogP contribution in [0, 0.1) is 0 Å². The normalized spacial score (nSPS) is 10.6. The molecule has 0 aliphatic heterocycles. The van der Waals surface area contributed by atoms with E-state index in [-0.39, 0.29) is 12.3 Å². The van der Waals surface area contributed by atoms with Crippen LogP contribution in [0.15, 0.2) is 40.8 Å². The fraction of sp³-hybridized carbons (Fsp3) is 0.200. The summed E-state index contributed by atoms with van der Waals surface area (Å²) in [7, 11) is 3.14. The van der Waals surface area contributed by atoms with Gasteiger partial charge in [0.1, 0.15) is 0 Å². The Morgan fingerprint density at radius 1 is 1.29 bits per heavy atom. The van der Waals surface area contributed by atoms with Gasteiger partial charge in [-0.05, 0) is 29.1 Å². The Morgan fingerprint density at radius 3 is 2.76 bits per heavy atom. The van der Waals surface area contributed by atoms with Gasteiger partial charge in [0.05, 0.1) is 26.9 Å². The number of carbonyl (C=O) groups is 1. The standard InChI is InChI=1S/C15H16N2O3S/c1-19-13-6-5-11(8-14(13)20-2)9-15(18)17-16-10-12-4-3-7-21-12/h3-8,10H,9H2,1-2H3,(H,17,18). The van der Waals surface area contributed by atoms with E-state index >= 15 is 0 Å². The zero-order valence-electron chi connectivity index (χ0n) is 11.8. The molecule has 0 atom stereocenters. The molecule has 0 unspecified atom stereocenters. The third-order valence-electron chi connectivity index (χ3n) is 2.74. The zero-order valence-corrected chi connectivity index (χ0v) is 12.6. The van der Waals surface area contributed by atoms with Crippen LogP contribution in [0.5, 0.6) is 11.5 Å². The zero-order chi connectivity index (χ0) is 15.1. The third kappa shape index (κ3) is 4.32. The van der Waals surface area contributed by atoms with Crippen LogP contribution in [-0.2, 0) is 11.2 Å². The first-order chi connectivity index (χ1) is 10.2. The average molecular weight is 304 g/mol. The van der Waals surface area contributed by atoms with E-state index in [1.807, 2.05) is 23.6 Å². The van der Waals surface area contributed by atoms with Gasteiger partial charge in [0.15, 0.2) is 11.5 Å². The number of rotatable bonds is 6. The molecule has 1 amide bonds. The Kier molecular flexibility index (Phi) is 5.34. The molecule has 1 heterocycles. The summed E-state index contributed by atoms with van der Waals surface area (Å²) in [5.41, 5.74) is 3.33. The number of amides is 1. The van der Waals surface area contributed by atoms with Gasteiger partial charge < -0.3 is 9.47 Å². The minimum absolute atomic E-state index is 0.185. The van der Waals surface area contributed by atoms with Gasteiger partial charge >= 0.3 is 0 Å². The molecule has 2 aromatic rings. The number of hydrogen-bond acceptors (Lipinski definition) is 5. The maximum absolute atomic E-state index is 11.8. The first-order valence-electron chi connectivity index (χ1n) is 6.29. The molecule has 110 valence electrons. The van der Waals surface area contributed by atoms with E-state index in [9.17, 15) is 4.79 Å². The molecule has 6 heteroatoms. The molecule has 0 fully saturated rings. The van der Waals surface area contributed by atoms with Gasteiger partial charge in [-0.1, -0.05) is 12.1 Å². The van der Waals surface area contributed by atoms with Crippen molar-refractivity contribution in [1.29, 1.82) is 0 Å². The fourth-order valence-corrected chi connectivity index (χ4v) is 2.33. The van der Waals surface area contributed by atoms with E-state index in [0.717, 1.165) is 10.4 Å². The smallest absolute Gasteiger partial charge is 0.244 e. The van der Waals surface area contributed by atoms with E-state index in [0.29, 0.717) is 11.5 Å². The molecule has 1 N–H and O–H groups in total. The molecule has 1 aromatic carbocycles. The lowest BCUT2D eigenvalue weighted by molar-refractivity contribution is -0.120. The summed E-state index contributed by atoms with van der Waals surface area (Å²) in [5.74, 6) is 1.05. The van der Waals surface area contributed by atoms with E-state index in [4.69, 9.17) is 9.47 Å². The number of benzene rings is 1. The number of carbonyl (C=O) groups excluding carboxylic acids is 1. The number of thiophene rings is 1. The molecule has 0 spiro atoms. The largest absolute Gasteiger partial charge is 0.493 e. The number of hydrazone groups is 1. The highest BCUT2D eigenvalue weighted by Gasteiger charge is 2.07. The van der Waals surface area contributed by atoms with E-state index in [1.165, 1.54) is 0 Å². The number of hydrogen-bond donors (Lipinski definition) is 1. The highest BCUT2D eigenvalue weighted by molar-refractivity contribution is 7.11. The van der Waals surface area contributed by atoms with Crippen LogP contribution < -0.4 is 14.9 Å². The van der Waals surface area contributed by atoms with Crippen LogP contribution in [0.1, 0.15) is 10.4 Å². The molecule has 0 saturated carbocycles. The predicted molar refractivity (Wildman–Crippen MR) is 83.3 cm³/mol. The van der Waals surface area contributed by atoms with Gasteiger partial charge in [0.2, 0.25) is 5.91 Å². The number of nitrogens with zero attached hydrogens (tertiary/aromatic N) is 1. The molecule has 2 rings (SSSR count). The molecule has 0 aliphatic rings. The molecular formula is C15H16N2O3S. The van der Waals surface area contributed by atoms with Crippen molar-refractivity contribution < 1.29 is 14.3 Å². The van der Waals surface area contributed by atoms with E-state index in [1.54, 1.807) is 43.9 Å². The Bertz CT molecular complexity index is 624. The van der Waals surface area contributed by atoms with Crippen LogP contribution >= 0.6 is 11.3 Å². The maximum Gasteiger partial charge on any atom is 0.244 e. The summed E-state index contributed by atoms with van der Waals surface area (Å²) in [4.78, 5) is 12.8. The Morgan fingerprint density at radius 2 is 2.10 bits per heavy atom. The number of nitrogens with one attached hydrogen (secondary N) is 1. The van der Waals surface area contributed by atoms with Gasteiger partial charge in [0.25, 0.3) is 0 Å². The first-order valence-corrected chi connectivity index (χ1v) is 7.17. The van der Waals surface area contributed by atoms with Gasteiger partial charge in [-0.25, -0.2) is 5.43 Å². The number of methoxy groups -OCH3 is 2. The maximum atomic E-state index is 11.8. The quantitative estimate of drug-likeness (QED) is 0.659. The second-order valence-corrected chi connectivity index (χ2v) is 5.15. The second-order valence-electron chi connectivity index (χ2n) is 4.17.